The summed E-state index contributed by atoms with van der Waals surface area (Å²) in [5.74, 6) is 0.172. The van der Waals surface area contributed by atoms with Gasteiger partial charge in [0.05, 0.1) is 5.56 Å². The molecule has 0 atom stereocenters. The highest BCUT2D eigenvalue weighted by molar-refractivity contribution is 7.16. The Morgan fingerprint density at radius 1 is 0.923 bits per heavy atom. The number of nitrogens with zero attached hydrogens (tertiary/aromatic N) is 1. The summed E-state index contributed by atoms with van der Waals surface area (Å²) in [6.45, 7) is 0.101. The van der Waals surface area contributed by atoms with Crippen molar-refractivity contribution in [3.63, 3.8) is 0 Å². The second kappa shape index (κ2) is 11.2. The Morgan fingerprint density at radius 3 is 2.56 bits per heavy atom. The number of aliphatic imine (C=N–C) groups is 1. The summed E-state index contributed by atoms with van der Waals surface area (Å²) in [7, 11) is 0. The number of halogens is 1. The first-order chi connectivity index (χ1) is 19.2. The van der Waals surface area contributed by atoms with E-state index in [1.165, 1.54) is 10.9 Å². The lowest BCUT2D eigenvalue weighted by Crippen LogP contribution is -2.14. The number of fused-ring (bicyclic) bond motifs is 2. The van der Waals surface area contributed by atoms with Gasteiger partial charge in [0.15, 0.2) is 0 Å². The number of carbonyl (C=O) groups excluding carboxylic acids is 1. The number of hydrogen-bond donors (Lipinski definition) is 1. The third-order valence-electron chi connectivity index (χ3n) is 6.99. The number of thiophene rings is 1. The van der Waals surface area contributed by atoms with Crippen LogP contribution in [0.1, 0.15) is 44.8 Å². The Balaban J connectivity index is 1.38. The quantitative estimate of drug-likeness (QED) is 0.213. The Kier molecular flexibility index (Phi) is 7.19. The summed E-state index contributed by atoms with van der Waals surface area (Å²) >= 11 is 1.59. The number of aryl methyl sites for hydroxylation is 1. The zero-order chi connectivity index (χ0) is 26.6. The van der Waals surface area contributed by atoms with Crippen LogP contribution in [0.25, 0.3) is 10.8 Å². The highest BCUT2D eigenvalue weighted by atomic mass is 32.1. The second-order valence-corrected chi connectivity index (χ2v) is 10.6. The molecule has 0 radical (unpaired) electrons. The molecule has 6 rings (SSSR count). The Labute approximate surface area is 230 Å². The lowest BCUT2D eigenvalue weighted by atomic mass is 9.95. The number of nitrogens with one attached hydrogen (secondary N) is 1. The molecule has 0 saturated carbocycles. The maximum absolute atomic E-state index is 14.3. The van der Waals surface area contributed by atoms with Crippen LogP contribution in [0.4, 0.5) is 15.1 Å². The van der Waals surface area contributed by atoms with Crippen molar-refractivity contribution in [2.24, 2.45) is 4.99 Å². The van der Waals surface area contributed by atoms with Crippen LogP contribution in [0.2, 0.25) is 0 Å². The fourth-order valence-corrected chi connectivity index (χ4v) is 6.25. The standard InChI is InChI=1S/C33H27FN2O2S/c34-28-16-8-5-11-23(28)21-38-29-19-18-22-10-4-6-14-25(22)27(29)20-35-33-31(26-15-7-9-17-30(26)39-33)32(37)36-24-12-2-1-3-13-24/h1-6,8,10-14,16,18-20H,7,9,15,17,21H2,(H,36,37). The molecule has 0 saturated heterocycles. The molecule has 1 N–H and O–H groups in total. The molecule has 4 nitrogen and oxygen atoms in total. The zero-order valence-electron chi connectivity index (χ0n) is 21.3. The molecule has 4 aromatic carbocycles. The van der Waals surface area contributed by atoms with Crippen molar-refractivity contribution in [3.05, 3.63) is 124 Å². The number of amides is 1. The van der Waals surface area contributed by atoms with Crippen molar-refractivity contribution in [2.75, 3.05) is 5.32 Å². The molecule has 0 spiro atoms. The molecule has 1 heterocycles. The van der Waals surface area contributed by atoms with Gasteiger partial charge < -0.3 is 10.1 Å². The first kappa shape index (κ1) is 25.0. The maximum Gasteiger partial charge on any atom is 0.259 e. The van der Waals surface area contributed by atoms with Crippen molar-refractivity contribution in [3.8, 4) is 5.75 Å². The Hall–Kier alpha value is -4.29. The van der Waals surface area contributed by atoms with Crippen LogP contribution in [-0.4, -0.2) is 12.1 Å². The molecule has 0 bridgehead atoms. The van der Waals surface area contributed by atoms with E-state index >= 15 is 0 Å². The van der Waals surface area contributed by atoms with Crippen molar-refractivity contribution < 1.29 is 13.9 Å². The monoisotopic (exact) mass is 534 g/mol. The molecular weight excluding hydrogens is 507 g/mol. The molecule has 39 heavy (non-hydrogen) atoms. The average Bonchev–Trinajstić information content (AvgIpc) is 3.35. The van der Waals surface area contributed by atoms with Crippen LogP contribution in [-0.2, 0) is 19.4 Å². The summed E-state index contributed by atoms with van der Waals surface area (Å²) in [4.78, 5) is 19.7. The van der Waals surface area contributed by atoms with Gasteiger partial charge in [-0.05, 0) is 66.3 Å². The van der Waals surface area contributed by atoms with Gasteiger partial charge in [0.2, 0.25) is 0 Å². The highest BCUT2D eigenvalue weighted by Gasteiger charge is 2.25. The summed E-state index contributed by atoms with van der Waals surface area (Å²) in [6, 6.07) is 28.0. The van der Waals surface area contributed by atoms with E-state index in [9.17, 15) is 9.18 Å². The lowest BCUT2D eigenvalue weighted by molar-refractivity contribution is 0.102. The molecule has 1 aromatic heterocycles. The molecule has 194 valence electrons. The minimum Gasteiger partial charge on any atom is -0.488 e. The van der Waals surface area contributed by atoms with Crippen LogP contribution < -0.4 is 10.1 Å². The maximum atomic E-state index is 14.3. The van der Waals surface area contributed by atoms with Crippen LogP contribution in [0, 0.1) is 5.82 Å². The highest BCUT2D eigenvalue weighted by Crippen LogP contribution is 2.40. The number of para-hydroxylation sites is 1. The molecular formula is C33H27FN2O2S. The van der Waals surface area contributed by atoms with Crippen molar-refractivity contribution in [1.82, 2.24) is 0 Å². The third-order valence-corrected chi connectivity index (χ3v) is 8.19. The van der Waals surface area contributed by atoms with Gasteiger partial charge in [-0.25, -0.2) is 9.38 Å². The zero-order valence-corrected chi connectivity index (χ0v) is 22.1. The molecule has 6 heteroatoms. The minimum atomic E-state index is -0.299. The SMILES string of the molecule is O=C(Nc1ccccc1)c1c(N=Cc2c(OCc3ccccc3F)ccc3ccccc23)sc2c1CCCC2. The summed E-state index contributed by atoms with van der Waals surface area (Å²) in [6.07, 6.45) is 5.82. The van der Waals surface area contributed by atoms with Crippen molar-refractivity contribution >= 4 is 44.9 Å². The molecule has 0 aliphatic heterocycles. The first-order valence-electron chi connectivity index (χ1n) is 13.1. The van der Waals surface area contributed by atoms with E-state index in [-0.39, 0.29) is 18.3 Å². The van der Waals surface area contributed by atoms with Crippen LogP contribution in [0.15, 0.2) is 96.0 Å². The van der Waals surface area contributed by atoms with Gasteiger partial charge >= 0.3 is 0 Å². The number of benzene rings is 4. The molecule has 1 amide bonds. The van der Waals surface area contributed by atoms with Crippen LogP contribution in [0.5, 0.6) is 5.75 Å². The fourth-order valence-electron chi connectivity index (χ4n) is 5.02. The first-order valence-corrected chi connectivity index (χ1v) is 13.9. The smallest absolute Gasteiger partial charge is 0.259 e. The molecule has 0 unspecified atom stereocenters. The van der Waals surface area contributed by atoms with E-state index in [2.05, 4.69) is 5.32 Å². The van der Waals surface area contributed by atoms with Crippen LogP contribution >= 0.6 is 11.3 Å². The number of hydrogen-bond acceptors (Lipinski definition) is 4. The van der Waals surface area contributed by atoms with E-state index in [0.717, 1.165) is 53.3 Å². The lowest BCUT2D eigenvalue weighted by Gasteiger charge is -2.13. The van der Waals surface area contributed by atoms with Gasteiger partial charge in [0.1, 0.15) is 23.2 Å². The van der Waals surface area contributed by atoms with Crippen molar-refractivity contribution in [1.29, 1.82) is 0 Å². The molecule has 1 aliphatic carbocycles. The third kappa shape index (κ3) is 5.33. The fraction of sp³-hybridized carbons (Fsp3) is 0.152. The predicted octanol–water partition coefficient (Wildman–Crippen LogP) is 8.50. The van der Waals surface area contributed by atoms with Gasteiger partial charge in [0, 0.05) is 27.9 Å². The summed E-state index contributed by atoms with van der Waals surface area (Å²) < 4.78 is 20.4. The average molecular weight is 535 g/mol. The Bertz CT molecular complexity index is 1680. The largest absolute Gasteiger partial charge is 0.488 e. The topological polar surface area (TPSA) is 50.7 Å². The minimum absolute atomic E-state index is 0.101. The second-order valence-electron chi connectivity index (χ2n) is 9.55. The van der Waals surface area contributed by atoms with Crippen LogP contribution in [0.3, 0.4) is 0 Å². The number of rotatable bonds is 7. The Morgan fingerprint density at radius 2 is 1.69 bits per heavy atom. The van der Waals surface area contributed by atoms with Gasteiger partial charge in [-0.15, -0.1) is 11.3 Å². The van der Waals surface area contributed by atoms with E-state index in [4.69, 9.17) is 9.73 Å². The number of ether oxygens (including phenoxy) is 1. The van der Waals surface area contributed by atoms with Gasteiger partial charge in [0.25, 0.3) is 5.91 Å². The van der Waals surface area contributed by atoms with E-state index in [1.807, 2.05) is 66.7 Å². The summed E-state index contributed by atoms with van der Waals surface area (Å²) in [5.41, 5.74) is 3.81. The molecule has 5 aromatic rings. The summed E-state index contributed by atoms with van der Waals surface area (Å²) in [5, 5.41) is 5.77. The van der Waals surface area contributed by atoms with E-state index < -0.39 is 0 Å². The molecule has 0 fully saturated rings. The number of carbonyl (C=O) groups is 1. The van der Waals surface area contributed by atoms with E-state index in [0.29, 0.717) is 21.9 Å². The van der Waals surface area contributed by atoms with Gasteiger partial charge in [-0.1, -0.05) is 66.7 Å². The van der Waals surface area contributed by atoms with Gasteiger partial charge in [-0.3, -0.25) is 4.79 Å². The molecule has 1 aliphatic rings. The van der Waals surface area contributed by atoms with Crippen molar-refractivity contribution in [2.45, 2.75) is 32.3 Å². The van der Waals surface area contributed by atoms with E-state index in [1.54, 1.807) is 35.8 Å². The normalized spacial score (nSPS) is 12.9. The number of anilines is 1. The van der Waals surface area contributed by atoms with Gasteiger partial charge in [-0.2, -0.15) is 0 Å². The predicted molar refractivity (Wildman–Crippen MR) is 157 cm³/mol.